The molecule has 0 bridgehead atoms. The van der Waals surface area contributed by atoms with Crippen molar-refractivity contribution in [3.63, 3.8) is 0 Å². The Morgan fingerprint density at radius 1 is 0.963 bits per heavy atom. The Balaban J connectivity index is 0.00000676. The molecule has 1 heterocycles. The molecule has 0 aliphatic carbocycles. The van der Waals surface area contributed by atoms with Gasteiger partial charge in [-0.2, -0.15) is 0 Å². The third kappa shape index (κ3) is 15.2. The van der Waals surface area contributed by atoms with E-state index in [1.807, 2.05) is 0 Å². The molecular formula is C19H40NO6P. The Morgan fingerprint density at radius 3 is 1.89 bits per heavy atom. The van der Waals surface area contributed by atoms with E-state index < -0.39 is 13.9 Å². The Morgan fingerprint density at radius 2 is 1.44 bits per heavy atom. The van der Waals surface area contributed by atoms with Crippen LogP contribution < -0.4 is 11.0 Å². The van der Waals surface area contributed by atoms with E-state index in [2.05, 4.69) is 16.0 Å². The Hall–Kier alpha value is -0.460. The minimum absolute atomic E-state index is 0. The van der Waals surface area contributed by atoms with Gasteiger partial charge in [-0.3, -0.25) is 9.36 Å². The molecule has 8 heteroatoms. The van der Waals surface area contributed by atoms with Crippen LogP contribution in [-0.2, 0) is 23.1 Å². The molecule has 162 valence electrons. The highest BCUT2D eigenvalue weighted by molar-refractivity contribution is 7.46. The standard InChI is InChI=1S/C19H37O6P.H3N/c1-2-3-4-5-6-7-8-9-10-11-12-13-14-15-19(20)23-16-18-17-24-26(21,22)25-18;/h18H,2-17H2,1H3,(H,21,22);1H3/t18-;/m1./s1. The zero-order valence-electron chi connectivity index (χ0n) is 17.3. The molecule has 0 radical (unpaired) electrons. The van der Waals surface area contributed by atoms with Gasteiger partial charge in [0.1, 0.15) is 12.7 Å². The van der Waals surface area contributed by atoms with Crippen molar-refractivity contribution in [2.24, 2.45) is 0 Å². The summed E-state index contributed by atoms with van der Waals surface area (Å²) in [6.07, 6.45) is 16.1. The molecule has 27 heavy (non-hydrogen) atoms. The fourth-order valence-electron chi connectivity index (χ4n) is 3.04. The zero-order chi connectivity index (χ0) is 19.1. The highest BCUT2D eigenvalue weighted by Gasteiger charge is 2.28. The molecule has 7 nitrogen and oxygen atoms in total. The first kappa shape index (κ1) is 26.5. The fraction of sp³-hybridized carbons (Fsp3) is 0.947. The molecule has 0 aromatic heterocycles. The second kappa shape index (κ2) is 16.5. The van der Waals surface area contributed by atoms with Crippen LogP contribution in [0.15, 0.2) is 0 Å². The predicted octanol–water partition coefficient (Wildman–Crippen LogP) is 5.27. The molecule has 1 unspecified atom stereocenters. The number of phosphoric acid groups is 1. The van der Waals surface area contributed by atoms with E-state index in [9.17, 15) is 14.3 Å². The lowest BCUT2D eigenvalue weighted by Gasteiger charge is -2.14. The van der Waals surface area contributed by atoms with Crippen LogP contribution in [-0.4, -0.2) is 25.3 Å². The molecule has 0 saturated carbocycles. The fourth-order valence-corrected chi connectivity index (χ4v) is 3.94. The summed E-state index contributed by atoms with van der Waals surface area (Å²) in [7, 11) is -4.15. The summed E-state index contributed by atoms with van der Waals surface area (Å²) >= 11 is 0. The number of carbonyl (C=O) groups excluding carboxylic acids is 1. The van der Waals surface area contributed by atoms with Gasteiger partial charge in [-0.1, -0.05) is 84.0 Å². The van der Waals surface area contributed by atoms with Crippen molar-refractivity contribution in [2.75, 3.05) is 13.2 Å². The molecule has 1 rings (SSSR count). The van der Waals surface area contributed by atoms with Gasteiger partial charge < -0.3 is 24.8 Å². The normalized spacial score (nSPS) is 21.8. The van der Waals surface area contributed by atoms with Crippen LogP contribution >= 0.6 is 7.82 Å². The number of unbranched alkanes of at least 4 members (excludes halogenated alkanes) is 12. The van der Waals surface area contributed by atoms with Crippen molar-refractivity contribution >= 4 is 13.8 Å². The summed E-state index contributed by atoms with van der Waals surface area (Å²) in [5, 5.41) is 0. The molecule has 2 atom stereocenters. The first-order valence-electron chi connectivity index (χ1n) is 10.3. The second-order valence-corrected chi connectivity index (χ2v) is 8.51. The molecule has 0 amide bonds. The minimum atomic E-state index is -4.15. The van der Waals surface area contributed by atoms with Crippen molar-refractivity contribution < 1.29 is 28.0 Å². The van der Waals surface area contributed by atoms with Crippen molar-refractivity contribution in [3.8, 4) is 0 Å². The summed E-state index contributed by atoms with van der Waals surface area (Å²) in [6, 6.07) is 0. The molecule has 4 N–H and O–H groups in total. The van der Waals surface area contributed by atoms with Gasteiger partial charge in [0, 0.05) is 6.42 Å². The SMILES string of the molecule is CCCCCCCCCCCCCCCC(=O)OC[C@@H]1COP(=O)([O-])O1.[NH4+]. The molecule has 0 aromatic carbocycles. The average Bonchev–Trinajstić information content (AvgIpc) is 2.96. The van der Waals surface area contributed by atoms with Gasteiger partial charge in [0.15, 0.2) is 0 Å². The molecule has 1 saturated heterocycles. The monoisotopic (exact) mass is 409 g/mol. The van der Waals surface area contributed by atoms with E-state index in [1.165, 1.54) is 64.2 Å². The maximum Gasteiger partial charge on any atom is 0.305 e. The predicted molar refractivity (Wildman–Crippen MR) is 106 cm³/mol. The highest BCUT2D eigenvalue weighted by atomic mass is 31.2. The van der Waals surface area contributed by atoms with Crippen LogP contribution in [0.5, 0.6) is 0 Å². The van der Waals surface area contributed by atoms with Gasteiger partial charge in [0.2, 0.25) is 0 Å². The number of carbonyl (C=O) groups is 1. The van der Waals surface area contributed by atoms with Gasteiger partial charge in [0.25, 0.3) is 7.82 Å². The Labute approximate surface area is 164 Å². The topological polar surface area (TPSA) is 121 Å². The number of esters is 1. The van der Waals surface area contributed by atoms with Gasteiger partial charge >= 0.3 is 5.97 Å². The molecule has 0 aromatic rings. The summed E-state index contributed by atoms with van der Waals surface area (Å²) in [4.78, 5) is 22.5. The average molecular weight is 410 g/mol. The maximum absolute atomic E-state index is 11.6. The van der Waals surface area contributed by atoms with E-state index in [1.54, 1.807) is 0 Å². The van der Waals surface area contributed by atoms with E-state index >= 15 is 0 Å². The minimum Gasteiger partial charge on any atom is -0.756 e. The van der Waals surface area contributed by atoms with Crippen LogP contribution in [0.25, 0.3) is 0 Å². The molecule has 1 aliphatic heterocycles. The first-order valence-corrected chi connectivity index (χ1v) is 11.8. The number of rotatable bonds is 16. The summed E-state index contributed by atoms with van der Waals surface area (Å²) in [5.41, 5.74) is 0. The number of phosphoric ester groups is 1. The quantitative estimate of drug-likeness (QED) is 0.210. The van der Waals surface area contributed by atoms with Crippen LogP contribution in [0.1, 0.15) is 96.8 Å². The summed E-state index contributed by atoms with van der Waals surface area (Å²) in [5.74, 6) is -0.302. The van der Waals surface area contributed by atoms with Gasteiger partial charge in [-0.05, 0) is 6.42 Å². The number of hydrogen-bond donors (Lipinski definition) is 1. The Kier molecular flexibility index (Phi) is 16.2. The largest absolute Gasteiger partial charge is 0.756 e. The number of hydrogen-bond acceptors (Lipinski definition) is 6. The van der Waals surface area contributed by atoms with Crippen LogP contribution in [0.4, 0.5) is 0 Å². The van der Waals surface area contributed by atoms with Crippen molar-refractivity contribution in [3.05, 3.63) is 0 Å². The number of quaternary nitrogens is 1. The smallest absolute Gasteiger partial charge is 0.305 e. The van der Waals surface area contributed by atoms with Crippen LogP contribution in [0.3, 0.4) is 0 Å². The van der Waals surface area contributed by atoms with Crippen molar-refractivity contribution in [1.82, 2.24) is 6.15 Å². The molecule has 0 spiro atoms. The van der Waals surface area contributed by atoms with Crippen LogP contribution in [0, 0.1) is 0 Å². The summed E-state index contributed by atoms with van der Waals surface area (Å²) in [6.45, 7) is 2.11. The van der Waals surface area contributed by atoms with E-state index in [0.29, 0.717) is 6.42 Å². The zero-order valence-corrected chi connectivity index (χ0v) is 18.2. The molecular weight excluding hydrogens is 369 g/mol. The first-order chi connectivity index (χ1) is 12.5. The maximum atomic E-state index is 11.6. The lowest BCUT2D eigenvalue weighted by atomic mass is 10.0. The lowest BCUT2D eigenvalue weighted by molar-refractivity contribution is -0.215. The molecule has 1 aliphatic rings. The number of ether oxygens (including phenoxy) is 1. The highest BCUT2D eigenvalue weighted by Crippen LogP contribution is 2.45. The van der Waals surface area contributed by atoms with E-state index in [-0.39, 0.29) is 25.3 Å². The van der Waals surface area contributed by atoms with Crippen molar-refractivity contribution in [2.45, 2.75) is 103 Å². The van der Waals surface area contributed by atoms with Gasteiger partial charge in [-0.15, -0.1) is 0 Å². The van der Waals surface area contributed by atoms with Gasteiger partial charge in [-0.25, -0.2) is 0 Å². The Bertz CT molecular complexity index is 421. The van der Waals surface area contributed by atoms with Crippen molar-refractivity contribution in [1.29, 1.82) is 0 Å². The third-order valence-corrected chi connectivity index (χ3v) is 5.63. The van der Waals surface area contributed by atoms with Gasteiger partial charge in [0.05, 0.1) is 6.61 Å². The van der Waals surface area contributed by atoms with E-state index in [0.717, 1.165) is 19.3 Å². The van der Waals surface area contributed by atoms with Crippen LogP contribution in [0.2, 0.25) is 0 Å². The molecule has 1 fully saturated rings. The third-order valence-electron chi connectivity index (χ3n) is 4.61. The summed E-state index contributed by atoms with van der Waals surface area (Å²) < 4.78 is 25.0. The van der Waals surface area contributed by atoms with E-state index in [4.69, 9.17) is 4.74 Å². The second-order valence-electron chi connectivity index (χ2n) is 7.15. The lowest BCUT2D eigenvalue weighted by Crippen LogP contribution is -2.20.